The second-order valence-electron chi connectivity index (χ2n) is 7.77. The average Bonchev–Trinajstić information content (AvgIpc) is 3.31. The van der Waals surface area contributed by atoms with Crippen molar-refractivity contribution in [3.8, 4) is 0 Å². The first kappa shape index (κ1) is 16.0. The van der Waals surface area contributed by atoms with Crippen molar-refractivity contribution in [1.82, 2.24) is 20.9 Å². The zero-order valence-corrected chi connectivity index (χ0v) is 14.5. The number of carbonyl (C=O) groups is 3. The average molecular weight is 354 g/mol. The van der Waals surface area contributed by atoms with E-state index in [-0.39, 0.29) is 24.1 Å². The number of piperidine rings is 1. The van der Waals surface area contributed by atoms with E-state index in [9.17, 15) is 14.4 Å². The minimum atomic E-state index is -0.555. The van der Waals surface area contributed by atoms with E-state index in [1.54, 1.807) is 4.90 Å². The van der Waals surface area contributed by atoms with Crippen LogP contribution in [0.25, 0.3) is 0 Å². The zero-order valence-electron chi connectivity index (χ0n) is 14.5. The number of amides is 3. The SMILES string of the molecule is O=C1CCC(N2Cc3cccc(CN[C@@H]4[C@H]5CN[C@@H]4C5)c3C2=O)C(=O)N1. The summed E-state index contributed by atoms with van der Waals surface area (Å²) >= 11 is 0. The monoisotopic (exact) mass is 354 g/mol. The van der Waals surface area contributed by atoms with E-state index in [0.29, 0.717) is 37.5 Å². The quantitative estimate of drug-likeness (QED) is 0.657. The number of imide groups is 1. The number of nitrogens with one attached hydrogen (secondary N) is 3. The summed E-state index contributed by atoms with van der Waals surface area (Å²) in [6, 6.07) is 6.43. The molecule has 3 amide bonds. The summed E-state index contributed by atoms with van der Waals surface area (Å²) in [5.41, 5.74) is 2.69. The minimum Gasteiger partial charge on any atom is -0.322 e. The van der Waals surface area contributed by atoms with Gasteiger partial charge in [-0.2, -0.15) is 0 Å². The number of fused-ring (bicyclic) bond motifs is 2. The first-order valence-corrected chi connectivity index (χ1v) is 9.34. The molecule has 5 aliphatic rings. The lowest BCUT2D eigenvalue weighted by atomic mass is 9.80. The van der Waals surface area contributed by atoms with Crippen LogP contribution in [0.2, 0.25) is 0 Å². The molecule has 7 nitrogen and oxygen atoms in total. The van der Waals surface area contributed by atoms with Crippen LogP contribution in [0.5, 0.6) is 0 Å². The maximum absolute atomic E-state index is 13.0. The van der Waals surface area contributed by atoms with Crippen molar-refractivity contribution in [2.24, 2.45) is 5.92 Å². The van der Waals surface area contributed by atoms with E-state index in [1.807, 2.05) is 18.2 Å². The van der Waals surface area contributed by atoms with Crippen LogP contribution in [0.1, 0.15) is 40.7 Å². The Hall–Kier alpha value is -2.25. The minimum absolute atomic E-state index is 0.0957. The lowest BCUT2D eigenvalue weighted by Gasteiger charge is -2.35. The van der Waals surface area contributed by atoms with E-state index in [1.165, 1.54) is 6.42 Å². The number of carbonyl (C=O) groups excluding carboxylic acids is 3. The summed E-state index contributed by atoms with van der Waals surface area (Å²) in [5, 5.41) is 9.44. The molecule has 4 heterocycles. The molecule has 2 bridgehead atoms. The molecule has 3 saturated heterocycles. The van der Waals surface area contributed by atoms with Crippen LogP contribution in [0.4, 0.5) is 0 Å². The fourth-order valence-electron chi connectivity index (χ4n) is 4.85. The molecule has 1 aromatic rings. The Morgan fingerprint density at radius 3 is 2.85 bits per heavy atom. The molecule has 4 atom stereocenters. The molecule has 7 heteroatoms. The van der Waals surface area contributed by atoms with Crippen molar-refractivity contribution in [2.45, 2.75) is 50.5 Å². The van der Waals surface area contributed by atoms with E-state index in [0.717, 1.165) is 23.2 Å². The van der Waals surface area contributed by atoms with Gasteiger partial charge in [0.15, 0.2) is 0 Å². The molecular formula is C19H22N4O3. The second kappa shape index (κ2) is 5.89. The van der Waals surface area contributed by atoms with Crippen LogP contribution >= 0.6 is 0 Å². The van der Waals surface area contributed by atoms with Gasteiger partial charge in [0.05, 0.1) is 0 Å². The molecule has 1 saturated carbocycles. The molecule has 26 heavy (non-hydrogen) atoms. The van der Waals surface area contributed by atoms with Crippen molar-refractivity contribution in [3.63, 3.8) is 0 Å². The number of hydrogen-bond donors (Lipinski definition) is 3. The first-order valence-electron chi connectivity index (χ1n) is 9.34. The molecule has 3 N–H and O–H groups in total. The van der Waals surface area contributed by atoms with Crippen molar-refractivity contribution < 1.29 is 14.4 Å². The normalized spacial score (nSPS) is 32.5. The van der Waals surface area contributed by atoms with Gasteiger partial charge in [-0.1, -0.05) is 18.2 Å². The molecule has 6 rings (SSSR count). The van der Waals surface area contributed by atoms with Crippen LogP contribution in [0.15, 0.2) is 18.2 Å². The Balaban J connectivity index is 1.34. The van der Waals surface area contributed by atoms with Gasteiger partial charge in [0, 0.05) is 37.2 Å². The number of benzene rings is 1. The van der Waals surface area contributed by atoms with Crippen LogP contribution in [0.3, 0.4) is 0 Å². The van der Waals surface area contributed by atoms with Crippen LogP contribution in [0, 0.1) is 5.92 Å². The molecule has 0 spiro atoms. The highest BCUT2D eigenvalue weighted by molar-refractivity contribution is 6.05. The van der Waals surface area contributed by atoms with Crippen molar-refractivity contribution in [3.05, 3.63) is 34.9 Å². The van der Waals surface area contributed by atoms with Gasteiger partial charge in [-0.25, -0.2) is 0 Å². The number of nitrogens with zero attached hydrogens (tertiary/aromatic N) is 1. The van der Waals surface area contributed by atoms with Crippen LogP contribution in [-0.2, 0) is 22.7 Å². The summed E-state index contributed by atoms with van der Waals surface area (Å²) < 4.78 is 0. The molecular weight excluding hydrogens is 332 g/mol. The Labute approximate surface area is 151 Å². The van der Waals surface area contributed by atoms with Crippen molar-refractivity contribution in [1.29, 1.82) is 0 Å². The van der Waals surface area contributed by atoms with Gasteiger partial charge in [-0.05, 0) is 36.4 Å². The number of hydrogen-bond acceptors (Lipinski definition) is 5. The Morgan fingerprint density at radius 1 is 1.23 bits per heavy atom. The maximum Gasteiger partial charge on any atom is 0.255 e. The Bertz CT molecular complexity index is 794. The highest BCUT2D eigenvalue weighted by Gasteiger charge is 2.46. The van der Waals surface area contributed by atoms with E-state index in [2.05, 4.69) is 16.0 Å². The molecule has 1 aliphatic carbocycles. The highest BCUT2D eigenvalue weighted by Crippen LogP contribution is 2.35. The zero-order chi connectivity index (χ0) is 17.8. The summed E-state index contributed by atoms with van der Waals surface area (Å²) in [7, 11) is 0. The van der Waals surface area contributed by atoms with E-state index in [4.69, 9.17) is 0 Å². The van der Waals surface area contributed by atoms with Gasteiger partial charge in [-0.15, -0.1) is 0 Å². The van der Waals surface area contributed by atoms with Gasteiger partial charge in [0.2, 0.25) is 11.8 Å². The first-order chi connectivity index (χ1) is 12.6. The molecule has 136 valence electrons. The highest BCUT2D eigenvalue weighted by atomic mass is 16.2. The summed E-state index contributed by atoms with van der Waals surface area (Å²) in [5.74, 6) is -0.0164. The fourth-order valence-corrected chi connectivity index (χ4v) is 4.85. The molecule has 1 aromatic carbocycles. The summed E-state index contributed by atoms with van der Waals surface area (Å²) in [6.07, 6.45) is 1.92. The van der Waals surface area contributed by atoms with Gasteiger partial charge < -0.3 is 15.5 Å². The molecule has 4 fully saturated rings. The van der Waals surface area contributed by atoms with Gasteiger partial charge >= 0.3 is 0 Å². The summed E-state index contributed by atoms with van der Waals surface area (Å²) in [6.45, 7) is 2.18. The third kappa shape index (κ3) is 2.38. The third-order valence-corrected chi connectivity index (χ3v) is 6.31. The fraction of sp³-hybridized carbons (Fsp3) is 0.526. The molecule has 0 aromatic heterocycles. The second-order valence-corrected chi connectivity index (χ2v) is 7.77. The summed E-state index contributed by atoms with van der Waals surface area (Å²) in [4.78, 5) is 38.2. The van der Waals surface area contributed by atoms with E-state index < -0.39 is 6.04 Å². The van der Waals surface area contributed by atoms with Crippen molar-refractivity contribution in [2.75, 3.05) is 6.54 Å². The third-order valence-electron chi connectivity index (χ3n) is 6.31. The standard InChI is InChI=1S/C19H22N4O3/c24-15-5-4-14(18(25)22-15)23-9-11-3-1-2-10(16(11)19(23)26)7-21-17-12-6-13(17)20-8-12/h1-3,12-14,17,20-21H,4-9H2,(H,22,24,25)/t12-,13-,14?,17-/m1/s1. The van der Waals surface area contributed by atoms with Gasteiger partial charge in [-0.3, -0.25) is 19.7 Å². The topological polar surface area (TPSA) is 90.5 Å². The largest absolute Gasteiger partial charge is 0.322 e. The van der Waals surface area contributed by atoms with Crippen LogP contribution in [-0.4, -0.2) is 47.3 Å². The predicted octanol–water partition coefficient (Wildman–Crippen LogP) is -0.102. The number of rotatable bonds is 4. The van der Waals surface area contributed by atoms with Gasteiger partial charge in [0.25, 0.3) is 5.91 Å². The predicted molar refractivity (Wildman–Crippen MR) is 93.0 cm³/mol. The maximum atomic E-state index is 13.0. The lowest BCUT2D eigenvalue weighted by Crippen LogP contribution is -2.52. The molecule has 1 unspecified atom stereocenters. The van der Waals surface area contributed by atoms with Gasteiger partial charge in [0.1, 0.15) is 6.04 Å². The van der Waals surface area contributed by atoms with E-state index >= 15 is 0 Å². The van der Waals surface area contributed by atoms with Crippen LogP contribution < -0.4 is 16.0 Å². The molecule has 0 radical (unpaired) electrons. The molecule has 4 aliphatic heterocycles. The Morgan fingerprint density at radius 2 is 2.12 bits per heavy atom. The van der Waals surface area contributed by atoms with Crippen molar-refractivity contribution >= 4 is 17.7 Å². The Kier molecular flexibility index (Phi) is 3.62. The lowest BCUT2D eigenvalue weighted by molar-refractivity contribution is -0.136. The smallest absolute Gasteiger partial charge is 0.255 e.